The van der Waals surface area contributed by atoms with E-state index in [9.17, 15) is 10.2 Å². The molecule has 0 aliphatic rings. The molecule has 0 fully saturated rings. The lowest BCUT2D eigenvalue weighted by Crippen LogP contribution is -2.23. The molecule has 0 saturated carbocycles. The molecule has 0 aliphatic heterocycles. The van der Waals surface area contributed by atoms with Crippen molar-refractivity contribution in [2.45, 2.75) is 169 Å². The van der Waals surface area contributed by atoms with Crippen LogP contribution in [0.3, 0.4) is 0 Å². The van der Waals surface area contributed by atoms with Crippen molar-refractivity contribution in [2.24, 2.45) is 0 Å². The van der Waals surface area contributed by atoms with Crippen molar-refractivity contribution in [3.8, 4) is 11.5 Å². The van der Waals surface area contributed by atoms with Crippen LogP contribution in [0.5, 0.6) is 11.5 Å². The van der Waals surface area contributed by atoms with E-state index in [0.29, 0.717) is 11.5 Å². The summed E-state index contributed by atoms with van der Waals surface area (Å²) >= 11 is 0. The van der Waals surface area contributed by atoms with Gasteiger partial charge >= 0.3 is 0 Å². The van der Waals surface area contributed by atoms with Crippen molar-refractivity contribution in [1.82, 2.24) is 21.3 Å². The summed E-state index contributed by atoms with van der Waals surface area (Å²) in [5.74, 6) is 0.914. The molecule has 0 atom stereocenters. The molecule has 286 valence electrons. The standard InChI is InChI=1S/C44H78N4O2/c1-41(2,3)35-27-33(28-36(39(35)49)42(4,5)6)31-47-25-19-23-45-21-17-15-13-14-16-18-22-46-24-20-26-48-32-34-29-37(43(7,8)9)40(50)38(30-34)44(10,11)12/h27-30,45-50H,13-26,31-32H2,1-12H3. The molecule has 2 rings (SSSR count). The Morgan fingerprint density at radius 2 is 0.600 bits per heavy atom. The van der Waals surface area contributed by atoms with Crippen molar-refractivity contribution in [3.63, 3.8) is 0 Å². The second kappa shape index (κ2) is 20.2. The van der Waals surface area contributed by atoms with E-state index in [4.69, 9.17) is 0 Å². The Balaban J connectivity index is 1.46. The minimum absolute atomic E-state index is 0.0909. The van der Waals surface area contributed by atoms with Crippen LogP contribution in [0.2, 0.25) is 0 Å². The van der Waals surface area contributed by atoms with E-state index in [1.165, 1.54) is 49.7 Å². The van der Waals surface area contributed by atoms with Crippen molar-refractivity contribution < 1.29 is 10.2 Å². The van der Waals surface area contributed by atoms with E-state index >= 15 is 0 Å². The highest BCUT2D eigenvalue weighted by Crippen LogP contribution is 2.41. The van der Waals surface area contributed by atoms with Gasteiger partial charge in [0.1, 0.15) is 11.5 Å². The van der Waals surface area contributed by atoms with Crippen LogP contribution in [-0.4, -0.2) is 49.5 Å². The van der Waals surface area contributed by atoms with E-state index < -0.39 is 0 Å². The molecule has 0 aromatic heterocycles. The highest BCUT2D eigenvalue weighted by atomic mass is 16.3. The maximum Gasteiger partial charge on any atom is 0.123 e. The van der Waals surface area contributed by atoms with Crippen molar-refractivity contribution in [2.75, 3.05) is 39.3 Å². The van der Waals surface area contributed by atoms with Gasteiger partial charge in [0, 0.05) is 13.1 Å². The number of rotatable bonds is 21. The van der Waals surface area contributed by atoms with Gasteiger partial charge < -0.3 is 31.5 Å². The fourth-order valence-electron chi connectivity index (χ4n) is 6.48. The fourth-order valence-corrected chi connectivity index (χ4v) is 6.48. The van der Waals surface area contributed by atoms with E-state index in [1.54, 1.807) is 0 Å². The first-order valence-corrected chi connectivity index (χ1v) is 19.8. The third-order valence-electron chi connectivity index (χ3n) is 9.60. The normalized spacial score (nSPS) is 13.0. The van der Waals surface area contributed by atoms with Gasteiger partial charge in [-0.1, -0.05) is 133 Å². The fraction of sp³-hybridized carbons (Fsp3) is 0.727. The van der Waals surface area contributed by atoms with Gasteiger partial charge in [0.25, 0.3) is 0 Å². The molecule has 0 spiro atoms. The number of benzene rings is 2. The average molecular weight is 695 g/mol. The maximum absolute atomic E-state index is 11.0. The Labute approximate surface area is 308 Å². The van der Waals surface area contributed by atoms with Gasteiger partial charge in [-0.2, -0.15) is 0 Å². The highest BCUT2D eigenvalue weighted by molar-refractivity contribution is 5.51. The predicted molar refractivity (Wildman–Crippen MR) is 217 cm³/mol. The lowest BCUT2D eigenvalue weighted by atomic mass is 9.78. The lowest BCUT2D eigenvalue weighted by Gasteiger charge is -2.28. The molecule has 6 nitrogen and oxygen atoms in total. The SMILES string of the molecule is CC(C)(C)c1cc(CNCCCNCCCCCCCCNCCCNCc2cc(C(C)(C)C)c(O)c(C(C)(C)C)c2)cc(C(C)(C)C)c1O. The first-order valence-electron chi connectivity index (χ1n) is 19.8. The summed E-state index contributed by atoms with van der Waals surface area (Å²) in [7, 11) is 0. The molecule has 0 bridgehead atoms. The van der Waals surface area contributed by atoms with Gasteiger partial charge in [0.15, 0.2) is 0 Å². The van der Waals surface area contributed by atoms with Crippen molar-refractivity contribution >= 4 is 0 Å². The second-order valence-electron chi connectivity index (χ2n) is 18.8. The zero-order valence-electron chi connectivity index (χ0n) is 34.5. The average Bonchev–Trinajstić information content (AvgIpc) is 2.99. The molecule has 0 aliphatic carbocycles. The topological polar surface area (TPSA) is 88.6 Å². The van der Waals surface area contributed by atoms with Crippen LogP contribution in [0.25, 0.3) is 0 Å². The third-order valence-corrected chi connectivity index (χ3v) is 9.60. The first-order chi connectivity index (χ1) is 23.2. The summed E-state index contributed by atoms with van der Waals surface area (Å²) in [6.07, 6.45) is 10.0. The molecular weight excluding hydrogens is 617 g/mol. The Morgan fingerprint density at radius 1 is 0.360 bits per heavy atom. The van der Waals surface area contributed by atoms with Gasteiger partial charge in [0.05, 0.1) is 0 Å². The monoisotopic (exact) mass is 695 g/mol. The summed E-state index contributed by atoms with van der Waals surface area (Å²) in [6, 6.07) is 8.71. The summed E-state index contributed by atoms with van der Waals surface area (Å²) in [6.45, 7) is 34.0. The second-order valence-corrected chi connectivity index (χ2v) is 18.8. The largest absolute Gasteiger partial charge is 0.507 e. The highest BCUT2D eigenvalue weighted by Gasteiger charge is 2.27. The molecule has 6 heteroatoms. The van der Waals surface area contributed by atoms with Gasteiger partial charge in [-0.05, 0) is 120 Å². The van der Waals surface area contributed by atoms with Crippen LogP contribution < -0.4 is 21.3 Å². The molecule has 0 radical (unpaired) electrons. The number of unbranched alkanes of at least 4 members (excludes halogenated alkanes) is 5. The van der Waals surface area contributed by atoms with Crippen LogP contribution in [0.15, 0.2) is 24.3 Å². The zero-order chi connectivity index (χ0) is 37.6. The third kappa shape index (κ3) is 15.6. The summed E-state index contributed by atoms with van der Waals surface area (Å²) in [5, 5.41) is 36.4. The Bertz CT molecular complexity index is 1110. The van der Waals surface area contributed by atoms with E-state index in [1.807, 2.05) is 0 Å². The zero-order valence-corrected chi connectivity index (χ0v) is 34.5. The summed E-state index contributed by atoms with van der Waals surface area (Å²) in [4.78, 5) is 0. The van der Waals surface area contributed by atoms with Gasteiger partial charge in [0.2, 0.25) is 0 Å². The molecule has 0 amide bonds. The van der Waals surface area contributed by atoms with Crippen molar-refractivity contribution in [3.05, 3.63) is 57.6 Å². The number of aromatic hydroxyl groups is 2. The lowest BCUT2D eigenvalue weighted by molar-refractivity contribution is 0.421. The summed E-state index contributed by atoms with van der Waals surface area (Å²) in [5.41, 5.74) is 6.28. The van der Waals surface area contributed by atoms with E-state index in [0.717, 1.165) is 87.5 Å². The first kappa shape index (κ1) is 44.0. The smallest absolute Gasteiger partial charge is 0.123 e. The van der Waals surface area contributed by atoms with Crippen LogP contribution in [-0.2, 0) is 34.7 Å². The van der Waals surface area contributed by atoms with Crippen LogP contribution >= 0.6 is 0 Å². The van der Waals surface area contributed by atoms with Gasteiger partial charge in [-0.15, -0.1) is 0 Å². The van der Waals surface area contributed by atoms with Crippen LogP contribution in [0.4, 0.5) is 0 Å². The van der Waals surface area contributed by atoms with Crippen LogP contribution in [0, 0.1) is 0 Å². The molecular formula is C44H78N4O2. The Hall–Kier alpha value is -2.12. The quantitative estimate of drug-likeness (QED) is 0.0730. The maximum atomic E-state index is 11.0. The number of phenols is 2. The van der Waals surface area contributed by atoms with E-state index in [2.05, 4.69) is 129 Å². The molecule has 0 saturated heterocycles. The van der Waals surface area contributed by atoms with Crippen LogP contribution in [0.1, 0.15) is 168 Å². The number of hydrogen-bond donors (Lipinski definition) is 6. The Kier molecular flexibility index (Phi) is 17.8. The number of hydrogen-bond acceptors (Lipinski definition) is 6. The molecule has 0 heterocycles. The van der Waals surface area contributed by atoms with Crippen molar-refractivity contribution in [1.29, 1.82) is 0 Å². The molecule has 2 aromatic carbocycles. The number of nitrogens with one attached hydrogen (secondary N) is 4. The molecule has 6 N–H and O–H groups in total. The summed E-state index contributed by atoms with van der Waals surface area (Å²) < 4.78 is 0. The minimum atomic E-state index is -0.0909. The molecule has 0 unspecified atom stereocenters. The predicted octanol–water partition coefficient (Wildman–Crippen LogP) is 9.47. The molecule has 2 aromatic rings. The van der Waals surface area contributed by atoms with Gasteiger partial charge in [-0.3, -0.25) is 0 Å². The van der Waals surface area contributed by atoms with E-state index in [-0.39, 0.29) is 21.7 Å². The number of phenolic OH excluding ortho intramolecular Hbond substituents is 2. The van der Waals surface area contributed by atoms with Gasteiger partial charge in [-0.25, -0.2) is 0 Å². The minimum Gasteiger partial charge on any atom is -0.507 e. The Morgan fingerprint density at radius 3 is 0.880 bits per heavy atom. The molecule has 50 heavy (non-hydrogen) atoms.